The zero-order chi connectivity index (χ0) is 26.3. The lowest BCUT2D eigenvalue weighted by Gasteiger charge is -2.23. The molecule has 194 valence electrons. The summed E-state index contributed by atoms with van der Waals surface area (Å²) in [6.45, 7) is 1.89. The standard InChI is InChI=1S/C27H19ClN2O5S2.H2S/c1-16-10-12-17(13-11-16)24(31)22-23(18-6-5-7-19(28)14-18)30(26(33)25(22)32)27-29-15-21(36-27)37(34,35)20-8-3-2-4-9-20;/h2-15,23,31H,1H3;1H2. The summed E-state index contributed by atoms with van der Waals surface area (Å²) in [6, 6.07) is 20.2. The van der Waals surface area contributed by atoms with Crippen molar-refractivity contribution in [2.24, 2.45) is 0 Å². The molecule has 1 aliphatic rings. The van der Waals surface area contributed by atoms with Gasteiger partial charge in [-0.15, -0.1) is 0 Å². The van der Waals surface area contributed by atoms with Gasteiger partial charge in [0, 0.05) is 10.6 Å². The van der Waals surface area contributed by atoms with Crippen LogP contribution in [-0.4, -0.2) is 30.2 Å². The number of carbonyl (C=O) groups is 2. The third-order valence-corrected chi connectivity index (χ3v) is 9.39. The molecule has 1 fully saturated rings. The number of halogens is 1. The van der Waals surface area contributed by atoms with Gasteiger partial charge in [-0.1, -0.05) is 83.1 Å². The van der Waals surface area contributed by atoms with Crippen LogP contribution in [-0.2, 0) is 19.4 Å². The highest BCUT2D eigenvalue weighted by Crippen LogP contribution is 2.44. The summed E-state index contributed by atoms with van der Waals surface area (Å²) in [4.78, 5) is 32.0. The fraction of sp³-hybridized carbons (Fsp3) is 0.0741. The van der Waals surface area contributed by atoms with Gasteiger partial charge in [0.05, 0.1) is 22.7 Å². The average Bonchev–Trinajstić information content (AvgIpc) is 3.48. The number of aromatic nitrogens is 1. The van der Waals surface area contributed by atoms with Crippen LogP contribution in [0.2, 0.25) is 5.02 Å². The minimum absolute atomic E-state index is 0. The predicted molar refractivity (Wildman–Crippen MR) is 152 cm³/mol. The highest BCUT2D eigenvalue weighted by molar-refractivity contribution is 7.93. The van der Waals surface area contributed by atoms with E-state index in [9.17, 15) is 23.1 Å². The number of aliphatic hydroxyl groups is 1. The summed E-state index contributed by atoms with van der Waals surface area (Å²) in [6.07, 6.45) is 1.16. The molecule has 11 heteroatoms. The number of benzene rings is 3. The summed E-state index contributed by atoms with van der Waals surface area (Å²) in [5.74, 6) is -2.19. The number of amides is 1. The van der Waals surface area contributed by atoms with Crippen LogP contribution in [0, 0.1) is 6.92 Å². The first-order valence-corrected chi connectivity index (χ1v) is 13.8. The Hall–Kier alpha value is -3.44. The van der Waals surface area contributed by atoms with E-state index in [2.05, 4.69) is 4.98 Å². The topological polar surface area (TPSA) is 105 Å². The Labute approximate surface area is 235 Å². The largest absolute Gasteiger partial charge is 0.507 e. The molecule has 1 saturated heterocycles. The lowest BCUT2D eigenvalue weighted by atomic mass is 9.95. The monoisotopic (exact) mass is 584 g/mol. The zero-order valence-electron chi connectivity index (χ0n) is 19.8. The summed E-state index contributed by atoms with van der Waals surface area (Å²) < 4.78 is 26.2. The van der Waals surface area contributed by atoms with E-state index in [0.29, 0.717) is 16.1 Å². The highest BCUT2D eigenvalue weighted by Gasteiger charge is 2.48. The number of aliphatic hydroxyl groups excluding tert-OH is 1. The molecule has 2 heterocycles. The summed E-state index contributed by atoms with van der Waals surface area (Å²) in [7, 11) is -3.89. The molecular weight excluding hydrogens is 564 g/mol. The lowest BCUT2D eigenvalue weighted by Crippen LogP contribution is -2.29. The molecule has 1 unspecified atom stereocenters. The maximum atomic E-state index is 13.3. The molecule has 0 bridgehead atoms. The molecule has 3 aromatic carbocycles. The van der Waals surface area contributed by atoms with Gasteiger partial charge in [0.25, 0.3) is 5.78 Å². The van der Waals surface area contributed by atoms with Crippen LogP contribution >= 0.6 is 36.4 Å². The number of ketones is 1. The normalized spacial score (nSPS) is 16.9. The number of sulfone groups is 1. The molecule has 1 amide bonds. The fourth-order valence-corrected chi connectivity index (χ4v) is 6.86. The van der Waals surface area contributed by atoms with Gasteiger partial charge in [0.15, 0.2) is 5.13 Å². The van der Waals surface area contributed by atoms with Crippen LogP contribution < -0.4 is 4.90 Å². The van der Waals surface area contributed by atoms with Gasteiger partial charge in [-0.05, 0) is 36.8 Å². The van der Waals surface area contributed by atoms with Crippen molar-refractivity contribution in [1.82, 2.24) is 4.98 Å². The number of anilines is 1. The van der Waals surface area contributed by atoms with Gasteiger partial charge in [-0.25, -0.2) is 13.4 Å². The lowest BCUT2D eigenvalue weighted by molar-refractivity contribution is -0.132. The predicted octanol–water partition coefficient (Wildman–Crippen LogP) is 5.68. The number of nitrogens with zero attached hydrogens (tertiary/aromatic N) is 2. The van der Waals surface area contributed by atoms with Crippen LogP contribution in [0.15, 0.2) is 99.7 Å². The van der Waals surface area contributed by atoms with Crippen molar-refractivity contribution in [1.29, 1.82) is 0 Å². The van der Waals surface area contributed by atoms with Crippen LogP contribution in [0.4, 0.5) is 5.13 Å². The molecule has 7 nitrogen and oxygen atoms in total. The molecule has 0 aliphatic carbocycles. The minimum atomic E-state index is -3.89. The van der Waals surface area contributed by atoms with Crippen LogP contribution in [0.1, 0.15) is 22.7 Å². The molecule has 38 heavy (non-hydrogen) atoms. The number of aryl methyl sites for hydroxylation is 1. The quantitative estimate of drug-likeness (QED) is 0.184. The van der Waals surface area contributed by atoms with Crippen molar-refractivity contribution < 1.29 is 23.1 Å². The molecule has 1 atom stereocenters. The molecule has 1 N–H and O–H groups in total. The van der Waals surface area contributed by atoms with Gasteiger partial charge < -0.3 is 5.11 Å². The second kappa shape index (κ2) is 10.7. The van der Waals surface area contributed by atoms with Crippen LogP contribution in [0.3, 0.4) is 0 Å². The maximum absolute atomic E-state index is 13.3. The molecule has 4 aromatic rings. The number of thiazole rings is 1. The Bertz CT molecular complexity index is 1670. The molecule has 0 spiro atoms. The first-order valence-electron chi connectivity index (χ1n) is 11.1. The smallest absolute Gasteiger partial charge is 0.301 e. The van der Waals surface area contributed by atoms with E-state index < -0.39 is 27.6 Å². The van der Waals surface area contributed by atoms with E-state index in [-0.39, 0.29) is 39.1 Å². The van der Waals surface area contributed by atoms with Crippen molar-refractivity contribution in [3.63, 3.8) is 0 Å². The Morgan fingerprint density at radius 1 is 1.00 bits per heavy atom. The summed E-state index contributed by atoms with van der Waals surface area (Å²) in [5, 5.41) is 11.6. The number of Topliss-reactive ketones (excluding diaryl/α,β-unsaturated/α-hetero) is 1. The maximum Gasteiger partial charge on any atom is 0.301 e. The first-order chi connectivity index (χ1) is 17.7. The summed E-state index contributed by atoms with van der Waals surface area (Å²) >= 11 is 6.99. The van der Waals surface area contributed by atoms with Gasteiger partial charge in [0.1, 0.15) is 9.97 Å². The Morgan fingerprint density at radius 2 is 1.68 bits per heavy atom. The van der Waals surface area contributed by atoms with Crippen molar-refractivity contribution in [2.75, 3.05) is 4.90 Å². The molecule has 1 aliphatic heterocycles. The highest BCUT2D eigenvalue weighted by atomic mass is 35.5. The Balaban J connectivity index is 0.00000336. The number of hydrogen-bond donors (Lipinski definition) is 1. The fourth-order valence-electron chi connectivity index (χ4n) is 4.09. The van der Waals surface area contributed by atoms with Crippen molar-refractivity contribution in [2.45, 2.75) is 22.1 Å². The van der Waals surface area contributed by atoms with Gasteiger partial charge in [0.2, 0.25) is 9.84 Å². The van der Waals surface area contributed by atoms with Crippen LogP contribution in [0.5, 0.6) is 0 Å². The van der Waals surface area contributed by atoms with E-state index in [0.717, 1.165) is 28.0 Å². The van der Waals surface area contributed by atoms with Crippen molar-refractivity contribution in [3.8, 4) is 0 Å². The third kappa shape index (κ3) is 4.88. The first kappa shape index (κ1) is 27.6. The zero-order valence-corrected chi connectivity index (χ0v) is 23.2. The SMILES string of the molecule is Cc1ccc(C(O)=C2C(=O)C(=O)N(c3ncc(S(=O)(=O)c4ccccc4)s3)C2c2cccc(Cl)c2)cc1.S. The molecule has 0 radical (unpaired) electrons. The van der Waals surface area contributed by atoms with E-state index in [1.165, 1.54) is 12.1 Å². The van der Waals surface area contributed by atoms with Crippen molar-refractivity contribution >= 4 is 68.9 Å². The van der Waals surface area contributed by atoms with E-state index in [1.54, 1.807) is 66.7 Å². The third-order valence-electron chi connectivity index (χ3n) is 5.93. The second-order valence-corrected chi connectivity index (χ2v) is 12.0. The summed E-state index contributed by atoms with van der Waals surface area (Å²) in [5.41, 5.74) is 1.64. The van der Waals surface area contributed by atoms with E-state index >= 15 is 0 Å². The van der Waals surface area contributed by atoms with E-state index in [1.807, 2.05) is 6.92 Å². The molecular formula is C27H21ClN2O5S3. The van der Waals surface area contributed by atoms with E-state index in [4.69, 9.17) is 11.6 Å². The van der Waals surface area contributed by atoms with Crippen LogP contribution in [0.25, 0.3) is 5.76 Å². The molecule has 5 rings (SSSR count). The number of hydrogen-bond acceptors (Lipinski definition) is 7. The molecule has 0 saturated carbocycles. The number of rotatable bonds is 5. The minimum Gasteiger partial charge on any atom is -0.507 e. The van der Waals surface area contributed by atoms with Gasteiger partial charge in [-0.2, -0.15) is 13.5 Å². The second-order valence-electron chi connectivity index (χ2n) is 8.37. The van der Waals surface area contributed by atoms with Gasteiger partial charge in [-0.3, -0.25) is 14.5 Å². The van der Waals surface area contributed by atoms with Gasteiger partial charge >= 0.3 is 5.91 Å². The molecule has 1 aromatic heterocycles. The Morgan fingerprint density at radius 3 is 2.34 bits per heavy atom. The van der Waals surface area contributed by atoms with Crippen molar-refractivity contribution in [3.05, 3.63) is 112 Å². The Kier molecular flexibility index (Phi) is 7.80. The average molecular weight is 585 g/mol. The number of carbonyl (C=O) groups excluding carboxylic acids is 2.